The number of carbonyl (C=O) groups excluding carboxylic acids is 2. The van der Waals surface area contributed by atoms with Gasteiger partial charge in [-0.1, -0.05) is 18.2 Å². The Kier molecular flexibility index (Phi) is 6.69. The van der Waals surface area contributed by atoms with Gasteiger partial charge in [0, 0.05) is 6.54 Å². The average molecular weight is 431 g/mol. The van der Waals surface area contributed by atoms with Crippen molar-refractivity contribution in [3.05, 3.63) is 35.9 Å². The van der Waals surface area contributed by atoms with Gasteiger partial charge in [0.1, 0.15) is 24.1 Å². The van der Waals surface area contributed by atoms with E-state index in [9.17, 15) is 9.59 Å². The summed E-state index contributed by atoms with van der Waals surface area (Å²) >= 11 is 0. The number of rotatable bonds is 5. The minimum atomic E-state index is -0.699. The predicted molar refractivity (Wildman–Crippen MR) is 115 cm³/mol. The summed E-state index contributed by atoms with van der Waals surface area (Å²) in [5.41, 5.74) is 6.14. The maximum absolute atomic E-state index is 12.3. The number of ether oxygens (including phenoxy) is 3. The Morgan fingerprint density at radius 3 is 2.65 bits per heavy atom. The molecule has 3 N–H and O–H groups in total. The zero-order chi connectivity index (χ0) is 22.6. The number of hydrogen-bond acceptors (Lipinski definition) is 6. The van der Waals surface area contributed by atoms with Gasteiger partial charge >= 0.3 is 12.1 Å². The molecular formula is C21H29N5O5. The molecule has 3 rings (SSSR count). The van der Waals surface area contributed by atoms with Crippen LogP contribution < -0.4 is 15.8 Å². The standard InChI is InChI=1S/C21H29N5O5/c1-14-17(23-19(22)27)26(15-8-6-5-7-9-15)24-18(14)30-13-16-12-25(10-11-29-16)20(28)31-21(2,3)4/h5-9,16H,10-13H2,1-4H3,(H3,22,23,27). The summed E-state index contributed by atoms with van der Waals surface area (Å²) in [5.74, 6) is 0.763. The highest BCUT2D eigenvalue weighted by Crippen LogP contribution is 2.28. The summed E-state index contributed by atoms with van der Waals surface area (Å²) in [4.78, 5) is 25.4. The third kappa shape index (κ3) is 5.88. The summed E-state index contributed by atoms with van der Waals surface area (Å²) in [6.07, 6.45) is -0.714. The molecule has 0 radical (unpaired) electrons. The fraction of sp³-hybridized carbons (Fsp3) is 0.476. The predicted octanol–water partition coefficient (Wildman–Crippen LogP) is 2.69. The Hall–Kier alpha value is -3.27. The molecule has 10 nitrogen and oxygen atoms in total. The Balaban J connectivity index is 1.70. The van der Waals surface area contributed by atoms with Gasteiger partial charge in [0.25, 0.3) is 0 Å². The van der Waals surface area contributed by atoms with Gasteiger partial charge in [0.2, 0.25) is 5.88 Å². The summed E-state index contributed by atoms with van der Waals surface area (Å²) in [6, 6.07) is 8.62. The highest BCUT2D eigenvalue weighted by Gasteiger charge is 2.29. The largest absolute Gasteiger partial charge is 0.474 e. The Morgan fingerprint density at radius 2 is 2.00 bits per heavy atom. The summed E-state index contributed by atoms with van der Waals surface area (Å²) < 4.78 is 18.6. The van der Waals surface area contributed by atoms with Crippen molar-refractivity contribution in [2.75, 3.05) is 31.6 Å². The molecule has 2 aromatic rings. The van der Waals surface area contributed by atoms with Gasteiger partial charge in [-0.3, -0.25) is 5.32 Å². The van der Waals surface area contributed by atoms with Crippen molar-refractivity contribution in [2.45, 2.75) is 39.4 Å². The maximum Gasteiger partial charge on any atom is 0.410 e. The molecule has 0 aliphatic carbocycles. The van der Waals surface area contributed by atoms with Crippen molar-refractivity contribution in [3.8, 4) is 11.6 Å². The molecule has 1 unspecified atom stereocenters. The number of nitrogens with two attached hydrogens (primary N) is 1. The zero-order valence-electron chi connectivity index (χ0n) is 18.3. The second kappa shape index (κ2) is 9.25. The van der Waals surface area contributed by atoms with Crippen LogP contribution in [0.3, 0.4) is 0 Å². The van der Waals surface area contributed by atoms with Crippen LogP contribution in [0.2, 0.25) is 0 Å². The van der Waals surface area contributed by atoms with E-state index >= 15 is 0 Å². The first-order valence-electron chi connectivity index (χ1n) is 10.1. The van der Waals surface area contributed by atoms with Crippen LogP contribution in [0.25, 0.3) is 5.69 Å². The van der Waals surface area contributed by atoms with Crippen LogP contribution >= 0.6 is 0 Å². The van der Waals surface area contributed by atoms with Crippen LogP contribution in [0, 0.1) is 6.92 Å². The monoisotopic (exact) mass is 431 g/mol. The van der Waals surface area contributed by atoms with Crippen LogP contribution in [0.15, 0.2) is 30.3 Å². The molecule has 1 aromatic heterocycles. The summed E-state index contributed by atoms with van der Waals surface area (Å²) in [6.45, 7) is 8.64. The van der Waals surface area contributed by atoms with Crippen LogP contribution in [0.5, 0.6) is 5.88 Å². The van der Waals surface area contributed by atoms with Gasteiger partial charge in [-0.05, 0) is 39.8 Å². The molecule has 1 atom stereocenters. The molecule has 0 spiro atoms. The van der Waals surface area contributed by atoms with Crippen molar-refractivity contribution in [1.29, 1.82) is 0 Å². The number of nitrogens with one attached hydrogen (secondary N) is 1. The number of para-hydroxylation sites is 1. The molecule has 1 fully saturated rings. The molecule has 31 heavy (non-hydrogen) atoms. The lowest BCUT2D eigenvalue weighted by molar-refractivity contribution is -0.0562. The summed E-state index contributed by atoms with van der Waals surface area (Å²) in [5, 5.41) is 7.08. The van der Waals surface area contributed by atoms with E-state index in [1.165, 1.54) is 0 Å². The van der Waals surface area contributed by atoms with E-state index in [-0.39, 0.29) is 18.8 Å². The fourth-order valence-electron chi connectivity index (χ4n) is 3.12. The fourth-order valence-corrected chi connectivity index (χ4v) is 3.12. The van der Waals surface area contributed by atoms with Gasteiger partial charge in [-0.15, -0.1) is 5.10 Å². The van der Waals surface area contributed by atoms with Crippen LogP contribution in [0.4, 0.5) is 15.4 Å². The topological polar surface area (TPSA) is 121 Å². The number of amides is 3. The smallest absolute Gasteiger partial charge is 0.410 e. The molecule has 2 heterocycles. The molecule has 0 bridgehead atoms. The molecule has 1 aliphatic heterocycles. The van der Waals surface area contributed by atoms with Gasteiger partial charge in [0.05, 0.1) is 24.4 Å². The second-order valence-electron chi connectivity index (χ2n) is 8.25. The second-order valence-corrected chi connectivity index (χ2v) is 8.25. The van der Waals surface area contributed by atoms with Crippen molar-refractivity contribution >= 4 is 17.9 Å². The lowest BCUT2D eigenvalue weighted by Crippen LogP contribution is -2.49. The number of morpholine rings is 1. The molecule has 168 valence electrons. The van der Waals surface area contributed by atoms with E-state index in [4.69, 9.17) is 19.9 Å². The van der Waals surface area contributed by atoms with Crippen molar-refractivity contribution in [3.63, 3.8) is 0 Å². The van der Waals surface area contributed by atoms with E-state index < -0.39 is 11.6 Å². The first kappa shape index (κ1) is 22.4. The SMILES string of the molecule is Cc1c(OCC2CN(C(=O)OC(C)(C)C)CCO2)nn(-c2ccccc2)c1NC(N)=O. The lowest BCUT2D eigenvalue weighted by atomic mass is 10.2. The van der Waals surface area contributed by atoms with Crippen molar-refractivity contribution in [2.24, 2.45) is 5.73 Å². The number of primary amides is 1. The van der Waals surface area contributed by atoms with Crippen molar-refractivity contribution < 1.29 is 23.8 Å². The lowest BCUT2D eigenvalue weighted by Gasteiger charge is -2.34. The Bertz CT molecular complexity index is 922. The van der Waals surface area contributed by atoms with Gasteiger partial charge in [-0.2, -0.15) is 0 Å². The highest BCUT2D eigenvalue weighted by molar-refractivity contribution is 5.88. The molecule has 1 aromatic carbocycles. The van der Waals surface area contributed by atoms with Crippen molar-refractivity contribution in [1.82, 2.24) is 14.7 Å². The average Bonchev–Trinajstić information content (AvgIpc) is 3.01. The van der Waals surface area contributed by atoms with Crippen LogP contribution in [-0.2, 0) is 9.47 Å². The number of urea groups is 1. The Labute approximate surface area is 181 Å². The van der Waals surface area contributed by atoms with Gasteiger partial charge < -0.3 is 24.8 Å². The minimum absolute atomic E-state index is 0.182. The number of nitrogens with zero attached hydrogens (tertiary/aromatic N) is 3. The van der Waals surface area contributed by atoms with Gasteiger partial charge in [0.15, 0.2) is 0 Å². The zero-order valence-corrected chi connectivity index (χ0v) is 18.3. The molecule has 1 saturated heterocycles. The Morgan fingerprint density at radius 1 is 1.29 bits per heavy atom. The van der Waals surface area contributed by atoms with E-state index in [1.807, 2.05) is 51.1 Å². The number of benzene rings is 1. The third-order valence-corrected chi connectivity index (χ3v) is 4.52. The molecule has 0 saturated carbocycles. The van der Waals surface area contributed by atoms with E-state index in [1.54, 1.807) is 16.5 Å². The first-order valence-corrected chi connectivity index (χ1v) is 10.1. The van der Waals surface area contributed by atoms with E-state index in [0.29, 0.717) is 37.0 Å². The maximum atomic E-state index is 12.3. The van der Waals surface area contributed by atoms with Gasteiger partial charge in [-0.25, -0.2) is 14.3 Å². The molecule has 1 aliphatic rings. The number of hydrogen-bond donors (Lipinski definition) is 2. The van der Waals surface area contributed by atoms with Crippen LogP contribution in [-0.4, -0.2) is 64.8 Å². The highest BCUT2D eigenvalue weighted by atomic mass is 16.6. The molecule has 3 amide bonds. The third-order valence-electron chi connectivity index (χ3n) is 4.52. The van der Waals surface area contributed by atoms with Crippen LogP contribution in [0.1, 0.15) is 26.3 Å². The number of aromatic nitrogens is 2. The number of anilines is 1. The first-order chi connectivity index (χ1) is 14.6. The minimum Gasteiger partial charge on any atom is -0.474 e. The van der Waals surface area contributed by atoms with E-state index in [2.05, 4.69) is 10.4 Å². The normalized spacial score (nSPS) is 16.6. The summed E-state index contributed by atoms with van der Waals surface area (Å²) in [7, 11) is 0. The van der Waals surface area contributed by atoms with E-state index in [0.717, 1.165) is 5.69 Å². The number of carbonyl (C=O) groups is 2. The quantitative estimate of drug-likeness (QED) is 0.751. The molecular weight excluding hydrogens is 402 g/mol. The molecule has 10 heteroatoms.